The summed E-state index contributed by atoms with van der Waals surface area (Å²) < 4.78 is 11.3. The minimum atomic E-state index is -0.400. The molecule has 1 fully saturated rings. The van der Waals surface area contributed by atoms with Gasteiger partial charge in [0.25, 0.3) is 11.8 Å². The molecule has 0 spiro atoms. The van der Waals surface area contributed by atoms with Gasteiger partial charge in [0.15, 0.2) is 0 Å². The number of hydrogen-bond acceptors (Lipinski definition) is 5. The van der Waals surface area contributed by atoms with Gasteiger partial charge in [-0.15, -0.1) is 0 Å². The molecule has 8 heteroatoms. The number of halogens is 1. The molecule has 37 heavy (non-hydrogen) atoms. The van der Waals surface area contributed by atoms with E-state index < -0.39 is 5.91 Å². The zero-order chi connectivity index (χ0) is 25.9. The largest absolute Gasteiger partial charge is 0.457 e. The molecule has 1 aliphatic rings. The SMILES string of the molecule is O=C(NCCCN1CCOCC1)C(=Cc1cccc(Oc2ccccc2)c1)NC(=O)c1ccc(Cl)cc1. The fraction of sp³-hybridized carbons (Fsp3) is 0.241. The summed E-state index contributed by atoms with van der Waals surface area (Å²) in [6.45, 7) is 4.64. The molecule has 0 unspecified atom stereocenters. The van der Waals surface area contributed by atoms with Gasteiger partial charge in [-0.05, 0) is 73.1 Å². The molecule has 0 radical (unpaired) electrons. The van der Waals surface area contributed by atoms with Crippen LogP contribution in [0.1, 0.15) is 22.3 Å². The molecule has 7 nitrogen and oxygen atoms in total. The predicted molar refractivity (Wildman–Crippen MR) is 145 cm³/mol. The molecule has 0 aliphatic carbocycles. The molecule has 3 aromatic rings. The maximum atomic E-state index is 13.1. The molecule has 3 aromatic carbocycles. The second kappa shape index (κ2) is 13.6. The lowest BCUT2D eigenvalue weighted by Gasteiger charge is -2.26. The molecule has 2 N–H and O–H groups in total. The molecule has 0 saturated carbocycles. The molecule has 1 saturated heterocycles. The van der Waals surface area contributed by atoms with E-state index in [9.17, 15) is 9.59 Å². The predicted octanol–water partition coefficient (Wildman–Crippen LogP) is 4.74. The number of nitrogens with one attached hydrogen (secondary N) is 2. The van der Waals surface area contributed by atoms with Crippen LogP contribution in [0.5, 0.6) is 11.5 Å². The number of benzene rings is 3. The van der Waals surface area contributed by atoms with Crippen molar-refractivity contribution in [3.8, 4) is 11.5 Å². The van der Waals surface area contributed by atoms with Crippen LogP contribution in [-0.4, -0.2) is 56.1 Å². The van der Waals surface area contributed by atoms with E-state index in [1.54, 1.807) is 30.3 Å². The van der Waals surface area contributed by atoms with Crippen LogP contribution in [0.15, 0.2) is 84.6 Å². The highest BCUT2D eigenvalue weighted by molar-refractivity contribution is 6.30. The van der Waals surface area contributed by atoms with E-state index in [1.165, 1.54) is 0 Å². The number of morpholine rings is 1. The van der Waals surface area contributed by atoms with Crippen LogP contribution in [0.25, 0.3) is 6.08 Å². The summed E-state index contributed by atoms with van der Waals surface area (Å²) in [6, 6.07) is 23.3. The van der Waals surface area contributed by atoms with Crippen molar-refractivity contribution in [1.82, 2.24) is 15.5 Å². The van der Waals surface area contributed by atoms with Gasteiger partial charge in [0.1, 0.15) is 17.2 Å². The number of amides is 2. The minimum absolute atomic E-state index is 0.142. The topological polar surface area (TPSA) is 79.9 Å². The summed E-state index contributed by atoms with van der Waals surface area (Å²) in [5.74, 6) is 0.564. The lowest BCUT2D eigenvalue weighted by molar-refractivity contribution is -0.117. The Labute approximate surface area is 222 Å². The van der Waals surface area contributed by atoms with Crippen LogP contribution in [0, 0.1) is 0 Å². The zero-order valence-corrected chi connectivity index (χ0v) is 21.2. The van der Waals surface area contributed by atoms with Gasteiger partial charge in [-0.25, -0.2) is 0 Å². The minimum Gasteiger partial charge on any atom is -0.457 e. The quantitative estimate of drug-likeness (QED) is 0.299. The van der Waals surface area contributed by atoms with E-state index in [4.69, 9.17) is 21.1 Å². The van der Waals surface area contributed by atoms with Gasteiger partial charge < -0.3 is 20.1 Å². The first-order chi connectivity index (χ1) is 18.1. The van der Waals surface area contributed by atoms with E-state index in [2.05, 4.69) is 15.5 Å². The fourth-order valence-electron chi connectivity index (χ4n) is 3.84. The maximum absolute atomic E-state index is 13.1. The molecular weight excluding hydrogens is 490 g/mol. The van der Waals surface area contributed by atoms with Crippen molar-refractivity contribution < 1.29 is 19.1 Å². The number of rotatable bonds is 10. The highest BCUT2D eigenvalue weighted by Gasteiger charge is 2.16. The number of ether oxygens (including phenoxy) is 2. The van der Waals surface area contributed by atoms with Crippen molar-refractivity contribution in [2.45, 2.75) is 6.42 Å². The number of nitrogens with zero attached hydrogens (tertiary/aromatic N) is 1. The van der Waals surface area contributed by atoms with E-state index in [1.807, 2.05) is 54.6 Å². The number of hydrogen-bond donors (Lipinski definition) is 2. The van der Waals surface area contributed by atoms with Crippen LogP contribution in [0.4, 0.5) is 0 Å². The summed E-state index contributed by atoms with van der Waals surface area (Å²) >= 11 is 5.95. The highest BCUT2D eigenvalue weighted by atomic mass is 35.5. The van der Waals surface area contributed by atoms with Crippen molar-refractivity contribution in [2.24, 2.45) is 0 Å². The summed E-state index contributed by atoms with van der Waals surface area (Å²) in [6.07, 6.45) is 2.44. The van der Waals surface area contributed by atoms with Crippen molar-refractivity contribution in [1.29, 1.82) is 0 Å². The smallest absolute Gasteiger partial charge is 0.267 e. The van der Waals surface area contributed by atoms with Gasteiger partial charge in [0.05, 0.1) is 13.2 Å². The van der Waals surface area contributed by atoms with Crippen molar-refractivity contribution in [2.75, 3.05) is 39.4 Å². The van der Waals surface area contributed by atoms with Crippen molar-refractivity contribution >= 4 is 29.5 Å². The van der Waals surface area contributed by atoms with Gasteiger partial charge in [0.2, 0.25) is 0 Å². The Hall–Kier alpha value is -3.65. The van der Waals surface area contributed by atoms with E-state index in [0.717, 1.165) is 39.3 Å². The molecule has 4 rings (SSSR count). The molecule has 1 aliphatic heterocycles. The third-order valence-corrected chi connectivity index (χ3v) is 6.04. The number of para-hydroxylation sites is 1. The van der Waals surface area contributed by atoms with Crippen molar-refractivity contribution in [3.63, 3.8) is 0 Å². The monoisotopic (exact) mass is 519 g/mol. The van der Waals surface area contributed by atoms with Gasteiger partial charge in [-0.3, -0.25) is 14.5 Å². The molecule has 192 valence electrons. The average Bonchev–Trinajstić information content (AvgIpc) is 2.92. The first-order valence-electron chi connectivity index (χ1n) is 12.3. The average molecular weight is 520 g/mol. The molecule has 0 bridgehead atoms. The summed E-state index contributed by atoms with van der Waals surface area (Å²) in [4.78, 5) is 28.3. The Kier molecular flexibility index (Phi) is 9.71. The van der Waals surface area contributed by atoms with E-state index in [-0.39, 0.29) is 11.6 Å². The Morgan fingerprint density at radius 2 is 1.68 bits per heavy atom. The van der Waals surface area contributed by atoms with Gasteiger partial charge >= 0.3 is 0 Å². The maximum Gasteiger partial charge on any atom is 0.267 e. The fourth-order valence-corrected chi connectivity index (χ4v) is 3.96. The third-order valence-electron chi connectivity index (χ3n) is 5.79. The third kappa shape index (κ3) is 8.46. The molecular formula is C29H30ClN3O4. The lowest BCUT2D eigenvalue weighted by Crippen LogP contribution is -2.39. The molecule has 1 heterocycles. The Morgan fingerprint density at radius 1 is 0.946 bits per heavy atom. The first kappa shape index (κ1) is 26.4. The van der Waals surface area contributed by atoms with Crippen LogP contribution < -0.4 is 15.4 Å². The van der Waals surface area contributed by atoms with E-state index in [0.29, 0.717) is 34.2 Å². The molecule has 0 atom stereocenters. The summed E-state index contributed by atoms with van der Waals surface area (Å²) in [5, 5.41) is 6.22. The second-order valence-electron chi connectivity index (χ2n) is 8.57. The molecule has 0 aromatic heterocycles. The van der Waals surface area contributed by atoms with Crippen LogP contribution in [0.2, 0.25) is 5.02 Å². The Bertz CT molecular complexity index is 1210. The zero-order valence-electron chi connectivity index (χ0n) is 20.5. The van der Waals surface area contributed by atoms with Crippen LogP contribution in [0.3, 0.4) is 0 Å². The number of carbonyl (C=O) groups is 2. The van der Waals surface area contributed by atoms with Crippen LogP contribution in [-0.2, 0) is 9.53 Å². The lowest BCUT2D eigenvalue weighted by atomic mass is 10.1. The Balaban J connectivity index is 1.46. The Morgan fingerprint density at radius 3 is 2.43 bits per heavy atom. The van der Waals surface area contributed by atoms with Gasteiger partial charge in [0, 0.05) is 30.2 Å². The van der Waals surface area contributed by atoms with Crippen LogP contribution >= 0.6 is 11.6 Å². The van der Waals surface area contributed by atoms with Gasteiger partial charge in [-0.2, -0.15) is 0 Å². The van der Waals surface area contributed by atoms with Gasteiger partial charge in [-0.1, -0.05) is 41.9 Å². The number of carbonyl (C=O) groups excluding carboxylic acids is 2. The second-order valence-corrected chi connectivity index (χ2v) is 9.01. The normalized spacial score (nSPS) is 14.1. The molecule has 2 amide bonds. The summed E-state index contributed by atoms with van der Waals surface area (Å²) in [5.41, 5.74) is 1.25. The first-order valence-corrected chi connectivity index (χ1v) is 12.6. The van der Waals surface area contributed by atoms with E-state index >= 15 is 0 Å². The standard InChI is InChI=1S/C29H30ClN3O4/c30-24-12-10-23(11-13-24)28(34)32-27(29(35)31-14-5-15-33-16-18-36-19-17-33)21-22-6-4-9-26(20-22)37-25-7-2-1-3-8-25/h1-4,6-13,20-21H,5,14-19H2,(H,31,35)(H,32,34). The highest BCUT2D eigenvalue weighted by Crippen LogP contribution is 2.23. The van der Waals surface area contributed by atoms with Crippen molar-refractivity contribution in [3.05, 3.63) is 101 Å². The summed E-state index contributed by atoms with van der Waals surface area (Å²) in [7, 11) is 0.